The van der Waals surface area contributed by atoms with E-state index in [1.54, 1.807) is 12.1 Å². The average molecular weight is 204 g/mol. The van der Waals surface area contributed by atoms with Gasteiger partial charge in [0.25, 0.3) is 0 Å². The van der Waals surface area contributed by atoms with Crippen molar-refractivity contribution in [1.82, 2.24) is 4.98 Å². The Morgan fingerprint density at radius 2 is 2.20 bits per heavy atom. The van der Waals surface area contributed by atoms with Crippen LogP contribution >= 0.6 is 15.9 Å². The molecule has 0 spiro atoms. The van der Waals surface area contributed by atoms with Crippen LogP contribution in [-0.2, 0) is 0 Å². The number of aliphatic hydroxyl groups excluding tert-OH is 1. The van der Waals surface area contributed by atoms with Crippen LogP contribution in [0.2, 0.25) is 0 Å². The van der Waals surface area contributed by atoms with Gasteiger partial charge in [-0.15, -0.1) is 0 Å². The topological polar surface area (TPSA) is 53.4 Å². The Balaban J connectivity index is 3.03. The lowest BCUT2D eigenvalue weighted by Crippen LogP contribution is -1.98. The van der Waals surface area contributed by atoms with E-state index in [0.29, 0.717) is 4.47 Å². The second-order valence-electron chi connectivity index (χ2n) is 1.74. The molecule has 1 aromatic rings. The van der Waals surface area contributed by atoms with Crippen LogP contribution in [0.5, 0.6) is 0 Å². The standard InChI is InChI=1S/C6H6BrNO2/c7-4-2-1-3-8-5(4)6(9)10/h1-3,6,9-10H. The normalized spacial score (nSPS) is 10.4. The number of halogens is 1. The van der Waals surface area contributed by atoms with Crippen molar-refractivity contribution in [3.8, 4) is 0 Å². The number of hydrogen-bond donors (Lipinski definition) is 2. The third-order valence-electron chi connectivity index (χ3n) is 1.03. The zero-order valence-corrected chi connectivity index (χ0v) is 6.62. The Morgan fingerprint density at radius 1 is 1.50 bits per heavy atom. The summed E-state index contributed by atoms with van der Waals surface area (Å²) in [5, 5.41) is 17.3. The molecule has 54 valence electrons. The molecule has 0 saturated carbocycles. The number of hydrogen-bond acceptors (Lipinski definition) is 3. The van der Waals surface area contributed by atoms with Crippen LogP contribution in [0, 0.1) is 0 Å². The van der Waals surface area contributed by atoms with Gasteiger partial charge in [0.15, 0.2) is 6.29 Å². The summed E-state index contributed by atoms with van der Waals surface area (Å²) in [6.07, 6.45) is -0.00456. The molecule has 0 atom stereocenters. The summed E-state index contributed by atoms with van der Waals surface area (Å²) in [6, 6.07) is 3.40. The summed E-state index contributed by atoms with van der Waals surface area (Å²) in [7, 11) is 0. The number of nitrogens with zero attached hydrogens (tertiary/aromatic N) is 1. The third-order valence-corrected chi connectivity index (χ3v) is 1.70. The minimum absolute atomic E-state index is 0.238. The monoisotopic (exact) mass is 203 g/mol. The van der Waals surface area contributed by atoms with Crippen molar-refractivity contribution in [2.75, 3.05) is 0 Å². The molecule has 1 heterocycles. The van der Waals surface area contributed by atoms with Gasteiger partial charge in [0.05, 0.1) is 0 Å². The first kappa shape index (κ1) is 7.65. The maximum Gasteiger partial charge on any atom is 0.197 e. The van der Waals surface area contributed by atoms with Crippen LogP contribution in [0.3, 0.4) is 0 Å². The van der Waals surface area contributed by atoms with Gasteiger partial charge in [0.1, 0.15) is 5.69 Å². The molecule has 0 fully saturated rings. The van der Waals surface area contributed by atoms with Gasteiger partial charge >= 0.3 is 0 Å². The fourth-order valence-corrected chi connectivity index (χ4v) is 1.05. The molecule has 0 aliphatic carbocycles. The van der Waals surface area contributed by atoms with Crippen LogP contribution in [0.25, 0.3) is 0 Å². The summed E-state index contributed by atoms with van der Waals surface area (Å²) in [4.78, 5) is 3.73. The Hall–Kier alpha value is -0.450. The summed E-state index contributed by atoms with van der Waals surface area (Å²) in [6.45, 7) is 0. The Bertz CT molecular complexity index is 227. The number of pyridine rings is 1. The van der Waals surface area contributed by atoms with Crippen molar-refractivity contribution in [2.45, 2.75) is 6.29 Å². The highest BCUT2D eigenvalue weighted by Gasteiger charge is 2.06. The van der Waals surface area contributed by atoms with Crippen molar-refractivity contribution >= 4 is 15.9 Å². The van der Waals surface area contributed by atoms with Crippen molar-refractivity contribution in [1.29, 1.82) is 0 Å². The lowest BCUT2D eigenvalue weighted by Gasteiger charge is -2.02. The quantitative estimate of drug-likeness (QED) is 0.666. The van der Waals surface area contributed by atoms with E-state index in [0.717, 1.165) is 0 Å². The van der Waals surface area contributed by atoms with Gasteiger partial charge in [-0.25, -0.2) is 0 Å². The molecule has 0 unspecified atom stereocenters. The van der Waals surface area contributed by atoms with E-state index in [9.17, 15) is 0 Å². The summed E-state index contributed by atoms with van der Waals surface area (Å²) in [5.74, 6) is 0. The first-order valence-electron chi connectivity index (χ1n) is 2.68. The number of aliphatic hydroxyl groups is 2. The predicted molar refractivity (Wildman–Crippen MR) is 39.1 cm³/mol. The van der Waals surface area contributed by atoms with Crippen molar-refractivity contribution in [3.05, 3.63) is 28.5 Å². The molecule has 0 radical (unpaired) electrons. The van der Waals surface area contributed by atoms with E-state index >= 15 is 0 Å². The van der Waals surface area contributed by atoms with Crippen LogP contribution in [0.4, 0.5) is 0 Å². The van der Waals surface area contributed by atoms with Crippen molar-refractivity contribution < 1.29 is 10.2 Å². The molecule has 0 saturated heterocycles. The highest BCUT2D eigenvalue weighted by molar-refractivity contribution is 9.10. The van der Waals surface area contributed by atoms with Gasteiger partial charge in [0.2, 0.25) is 0 Å². The molecule has 1 rings (SSSR count). The second kappa shape index (κ2) is 3.09. The maximum atomic E-state index is 8.67. The highest BCUT2D eigenvalue weighted by atomic mass is 79.9. The Morgan fingerprint density at radius 3 is 2.60 bits per heavy atom. The lowest BCUT2D eigenvalue weighted by atomic mass is 10.3. The van der Waals surface area contributed by atoms with E-state index in [2.05, 4.69) is 20.9 Å². The minimum atomic E-state index is -1.50. The fraction of sp³-hybridized carbons (Fsp3) is 0.167. The van der Waals surface area contributed by atoms with Crippen LogP contribution in [0.1, 0.15) is 12.0 Å². The van der Waals surface area contributed by atoms with Gasteiger partial charge in [0, 0.05) is 10.7 Å². The lowest BCUT2D eigenvalue weighted by molar-refractivity contribution is -0.0464. The van der Waals surface area contributed by atoms with Gasteiger partial charge in [-0.05, 0) is 28.1 Å². The first-order chi connectivity index (χ1) is 4.72. The zero-order valence-electron chi connectivity index (χ0n) is 5.03. The molecule has 1 aromatic heterocycles. The Kier molecular flexibility index (Phi) is 2.37. The van der Waals surface area contributed by atoms with E-state index < -0.39 is 6.29 Å². The maximum absolute atomic E-state index is 8.67. The minimum Gasteiger partial charge on any atom is -0.363 e. The number of rotatable bonds is 1. The molecule has 0 aliphatic rings. The zero-order chi connectivity index (χ0) is 7.56. The van der Waals surface area contributed by atoms with E-state index in [1.165, 1.54) is 6.20 Å². The van der Waals surface area contributed by atoms with Crippen LogP contribution in [-0.4, -0.2) is 15.2 Å². The molecule has 0 bridgehead atoms. The Labute approximate surface area is 66.5 Å². The molecule has 0 amide bonds. The van der Waals surface area contributed by atoms with Crippen LogP contribution in [0.15, 0.2) is 22.8 Å². The molecular weight excluding hydrogens is 198 g/mol. The third kappa shape index (κ3) is 1.53. The van der Waals surface area contributed by atoms with E-state index in [-0.39, 0.29) is 5.69 Å². The predicted octanol–water partition coefficient (Wildman–Crippen LogP) is 0.827. The van der Waals surface area contributed by atoms with E-state index in [1.807, 2.05) is 0 Å². The van der Waals surface area contributed by atoms with Gasteiger partial charge < -0.3 is 10.2 Å². The second-order valence-corrected chi connectivity index (χ2v) is 2.60. The molecule has 4 heteroatoms. The summed E-state index contributed by atoms with van der Waals surface area (Å²) < 4.78 is 0.602. The van der Waals surface area contributed by atoms with Gasteiger partial charge in [-0.1, -0.05) is 0 Å². The molecule has 2 N–H and O–H groups in total. The van der Waals surface area contributed by atoms with Gasteiger partial charge in [-0.3, -0.25) is 4.98 Å². The van der Waals surface area contributed by atoms with Crippen molar-refractivity contribution in [3.63, 3.8) is 0 Å². The van der Waals surface area contributed by atoms with Gasteiger partial charge in [-0.2, -0.15) is 0 Å². The molecule has 0 aliphatic heterocycles. The average Bonchev–Trinajstić information content (AvgIpc) is 1.88. The van der Waals surface area contributed by atoms with Crippen LogP contribution < -0.4 is 0 Å². The molecule has 0 aromatic carbocycles. The number of aromatic nitrogens is 1. The first-order valence-corrected chi connectivity index (χ1v) is 3.47. The summed E-state index contributed by atoms with van der Waals surface area (Å²) >= 11 is 3.11. The largest absolute Gasteiger partial charge is 0.363 e. The van der Waals surface area contributed by atoms with E-state index in [4.69, 9.17) is 10.2 Å². The smallest absolute Gasteiger partial charge is 0.197 e. The fourth-order valence-electron chi connectivity index (χ4n) is 0.588. The van der Waals surface area contributed by atoms with Crippen molar-refractivity contribution in [2.24, 2.45) is 0 Å². The SMILES string of the molecule is OC(O)c1ncccc1Br. The highest BCUT2D eigenvalue weighted by Crippen LogP contribution is 2.17. The molecule has 3 nitrogen and oxygen atoms in total. The summed E-state index contributed by atoms with van der Waals surface area (Å²) in [5.41, 5.74) is 0.238. The molecule has 10 heavy (non-hydrogen) atoms. The molecular formula is C6H6BrNO2.